The van der Waals surface area contributed by atoms with E-state index in [9.17, 15) is 22.4 Å². The van der Waals surface area contributed by atoms with Gasteiger partial charge >= 0.3 is 6.18 Å². The highest BCUT2D eigenvalue weighted by molar-refractivity contribution is 6.28. The molecule has 4 aromatic rings. The van der Waals surface area contributed by atoms with Gasteiger partial charge in [0.1, 0.15) is 5.82 Å². The lowest BCUT2D eigenvalue weighted by molar-refractivity contribution is -0.137. The van der Waals surface area contributed by atoms with Crippen LogP contribution in [0.5, 0.6) is 0 Å². The maximum Gasteiger partial charge on any atom is 0.417 e. The first kappa shape index (κ1) is 22.4. The predicted molar refractivity (Wildman–Crippen MR) is 114 cm³/mol. The molecule has 0 bridgehead atoms. The smallest absolute Gasteiger partial charge is 0.319 e. The number of rotatable bonds is 4. The van der Waals surface area contributed by atoms with Crippen molar-refractivity contribution < 1.29 is 22.4 Å². The largest absolute Gasteiger partial charge is 0.417 e. The van der Waals surface area contributed by atoms with Crippen molar-refractivity contribution >= 4 is 23.2 Å². The van der Waals surface area contributed by atoms with Crippen LogP contribution in [0.25, 0.3) is 22.5 Å². The zero-order chi connectivity index (χ0) is 23.8. The van der Waals surface area contributed by atoms with E-state index in [4.69, 9.17) is 11.6 Å². The predicted octanol–water partition coefficient (Wildman–Crippen LogP) is 5.61. The average molecular weight is 476 g/mol. The van der Waals surface area contributed by atoms with Gasteiger partial charge in [-0.05, 0) is 29.8 Å². The molecular formula is C22H14ClF4N5O. The first-order chi connectivity index (χ1) is 15.6. The summed E-state index contributed by atoms with van der Waals surface area (Å²) >= 11 is 5.89. The number of alkyl halides is 3. The van der Waals surface area contributed by atoms with Crippen molar-refractivity contribution in [2.75, 3.05) is 5.32 Å². The van der Waals surface area contributed by atoms with Crippen LogP contribution in [-0.4, -0.2) is 25.7 Å². The number of carbonyl (C=O) groups is 1. The van der Waals surface area contributed by atoms with Crippen molar-refractivity contribution in [1.82, 2.24) is 19.7 Å². The van der Waals surface area contributed by atoms with Crippen LogP contribution in [-0.2, 0) is 13.2 Å². The average Bonchev–Trinajstić information content (AvgIpc) is 3.20. The summed E-state index contributed by atoms with van der Waals surface area (Å²) in [6, 6.07) is 11.1. The van der Waals surface area contributed by atoms with E-state index in [0.29, 0.717) is 5.56 Å². The van der Waals surface area contributed by atoms with Gasteiger partial charge in [-0.3, -0.25) is 9.48 Å². The lowest BCUT2D eigenvalue weighted by atomic mass is 9.99. The van der Waals surface area contributed by atoms with Gasteiger partial charge in [0.05, 0.1) is 34.4 Å². The Morgan fingerprint density at radius 2 is 1.85 bits per heavy atom. The van der Waals surface area contributed by atoms with Crippen LogP contribution in [0, 0.1) is 5.82 Å². The highest BCUT2D eigenvalue weighted by Crippen LogP contribution is 2.38. The molecule has 1 amide bonds. The van der Waals surface area contributed by atoms with Gasteiger partial charge in [0.2, 0.25) is 5.28 Å². The van der Waals surface area contributed by atoms with Crippen LogP contribution in [0.3, 0.4) is 0 Å². The molecule has 0 atom stereocenters. The molecule has 0 saturated carbocycles. The zero-order valence-electron chi connectivity index (χ0n) is 16.9. The summed E-state index contributed by atoms with van der Waals surface area (Å²) in [4.78, 5) is 20.9. The Morgan fingerprint density at radius 3 is 2.48 bits per heavy atom. The molecule has 0 spiro atoms. The Hall–Kier alpha value is -3.79. The Labute approximate surface area is 189 Å². The van der Waals surface area contributed by atoms with E-state index in [1.165, 1.54) is 30.2 Å². The second-order valence-corrected chi connectivity index (χ2v) is 7.31. The maximum absolute atomic E-state index is 14.7. The third-order valence-electron chi connectivity index (χ3n) is 4.70. The van der Waals surface area contributed by atoms with E-state index in [1.54, 1.807) is 30.3 Å². The summed E-state index contributed by atoms with van der Waals surface area (Å²) in [5, 5.41) is 6.35. The van der Waals surface area contributed by atoms with E-state index >= 15 is 0 Å². The molecule has 0 fully saturated rings. The van der Waals surface area contributed by atoms with Crippen LogP contribution in [0.2, 0.25) is 5.28 Å². The molecule has 0 aliphatic heterocycles. The molecule has 1 N–H and O–H groups in total. The summed E-state index contributed by atoms with van der Waals surface area (Å²) < 4.78 is 56.6. The minimum atomic E-state index is -4.85. The zero-order valence-corrected chi connectivity index (χ0v) is 17.6. The first-order valence-corrected chi connectivity index (χ1v) is 9.81. The molecule has 0 unspecified atom stereocenters. The number of hydrogen-bond donors (Lipinski definition) is 1. The SMILES string of the molecule is Cn1ccc(-c2cc(C(=O)Nc3cnc(Cl)nc3-c3ccccc3)c(F)cc2C(F)(F)F)n1. The number of hydrogen-bond acceptors (Lipinski definition) is 4. The third-order valence-corrected chi connectivity index (χ3v) is 4.88. The van der Waals surface area contributed by atoms with Gasteiger partial charge in [-0.25, -0.2) is 14.4 Å². The number of anilines is 1. The van der Waals surface area contributed by atoms with Crippen molar-refractivity contribution in [2.24, 2.45) is 7.05 Å². The van der Waals surface area contributed by atoms with E-state index in [-0.39, 0.29) is 28.4 Å². The molecular weight excluding hydrogens is 462 g/mol. The Bertz CT molecular complexity index is 1340. The normalized spacial score (nSPS) is 11.5. The maximum atomic E-state index is 14.7. The van der Waals surface area contributed by atoms with Crippen LogP contribution in [0.15, 0.2) is 60.9 Å². The molecule has 0 aliphatic carbocycles. The molecule has 2 aromatic carbocycles. The molecule has 11 heteroatoms. The summed E-state index contributed by atoms with van der Waals surface area (Å²) in [6.07, 6.45) is -2.18. The summed E-state index contributed by atoms with van der Waals surface area (Å²) in [7, 11) is 1.53. The summed E-state index contributed by atoms with van der Waals surface area (Å²) in [5.74, 6) is -2.32. The molecule has 2 aromatic heterocycles. The molecule has 0 radical (unpaired) electrons. The lowest BCUT2D eigenvalue weighted by Crippen LogP contribution is -2.17. The van der Waals surface area contributed by atoms with Crippen molar-refractivity contribution in [1.29, 1.82) is 0 Å². The highest BCUT2D eigenvalue weighted by Gasteiger charge is 2.36. The Balaban J connectivity index is 1.77. The first-order valence-electron chi connectivity index (χ1n) is 9.43. The number of amides is 1. The van der Waals surface area contributed by atoms with Gasteiger partial charge in [-0.2, -0.15) is 18.3 Å². The lowest BCUT2D eigenvalue weighted by Gasteiger charge is -2.15. The standard InChI is InChI=1S/C22H14ClF4N5O/c1-32-8-7-17(31-32)13-9-14(16(24)10-15(13)22(25,26)27)20(33)29-18-11-28-21(23)30-19(18)12-5-3-2-4-6-12/h2-11H,1H3,(H,29,33). The molecule has 6 nitrogen and oxygen atoms in total. The van der Waals surface area contributed by atoms with Crippen LogP contribution < -0.4 is 5.32 Å². The van der Waals surface area contributed by atoms with Crippen molar-refractivity contribution in [2.45, 2.75) is 6.18 Å². The van der Waals surface area contributed by atoms with Gasteiger partial charge in [0.25, 0.3) is 5.91 Å². The number of benzene rings is 2. The summed E-state index contributed by atoms with van der Waals surface area (Å²) in [6.45, 7) is 0. The highest BCUT2D eigenvalue weighted by atomic mass is 35.5. The van der Waals surface area contributed by atoms with Crippen molar-refractivity contribution in [3.63, 3.8) is 0 Å². The van der Waals surface area contributed by atoms with Crippen LogP contribution >= 0.6 is 11.6 Å². The molecule has 2 heterocycles. The van der Waals surface area contributed by atoms with Crippen LogP contribution in [0.4, 0.5) is 23.2 Å². The number of aromatic nitrogens is 4. The second-order valence-electron chi connectivity index (χ2n) is 6.97. The number of carbonyl (C=O) groups excluding carboxylic acids is 1. The number of nitrogens with zero attached hydrogens (tertiary/aromatic N) is 4. The summed E-state index contributed by atoms with van der Waals surface area (Å²) in [5.41, 5.74) is -1.36. The van der Waals surface area contributed by atoms with Gasteiger partial charge in [-0.1, -0.05) is 30.3 Å². The van der Waals surface area contributed by atoms with E-state index < -0.39 is 34.6 Å². The van der Waals surface area contributed by atoms with E-state index in [1.807, 2.05) is 0 Å². The van der Waals surface area contributed by atoms with Crippen molar-refractivity contribution in [3.8, 4) is 22.5 Å². The molecule has 4 rings (SSSR count). The Kier molecular flexibility index (Phi) is 5.86. The second kappa shape index (κ2) is 8.62. The molecule has 0 saturated heterocycles. The fraction of sp³-hybridized carbons (Fsp3) is 0.0909. The topological polar surface area (TPSA) is 72.7 Å². The Morgan fingerprint density at radius 1 is 1.12 bits per heavy atom. The minimum absolute atomic E-state index is 0.0568. The number of nitrogens with one attached hydrogen (secondary N) is 1. The van der Waals surface area contributed by atoms with Gasteiger partial charge in [-0.15, -0.1) is 0 Å². The van der Waals surface area contributed by atoms with E-state index in [0.717, 1.165) is 6.07 Å². The monoisotopic (exact) mass is 475 g/mol. The quantitative estimate of drug-likeness (QED) is 0.308. The van der Waals surface area contributed by atoms with Gasteiger partial charge < -0.3 is 5.32 Å². The molecule has 0 aliphatic rings. The molecule has 168 valence electrons. The third kappa shape index (κ3) is 4.70. The van der Waals surface area contributed by atoms with Gasteiger partial charge in [0.15, 0.2) is 0 Å². The van der Waals surface area contributed by atoms with Crippen molar-refractivity contribution in [3.05, 3.63) is 83.2 Å². The van der Waals surface area contributed by atoms with E-state index in [2.05, 4.69) is 20.4 Å². The fourth-order valence-corrected chi connectivity index (χ4v) is 3.34. The van der Waals surface area contributed by atoms with Crippen LogP contribution in [0.1, 0.15) is 15.9 Å². The molecule has 33 heavy (non-hydrogen) atoms. The number of halogens is 5. The number of aryl methyl sites for hydroxylation is 1. The minimum Gasteiger partial charge on any atom is -0.319 e. The van der Waals surface area contributed by atoms with Gasteiger partial charge in [0, 0.05) is 24.4 Å². The fourth-order valence-electron chi connectivity index (χ4n) is 3.21.